The minimum absolute atomic E-state index is 0.000793. The monoisotopic (exact) mass is 396 g/mol. The van der Waals surface area contributed by atoms with Crippen molar-refractivity contribution in [1.82, 2.24) is 9.62 Å². The minimum Gasteiger partial charge on any atom is -0.497 e. The van der Waals surface area contributed by atoms with Crippen molar-refractivity contribution >= 4 is 21.4 Å². The Labute approximate surface area is 158 Å². The third kappa shape index (κ3) is 5.20. The van der Waals surface area contributed by atoms with Crippen molar-refractivity contribution in [2.24, 2.45) is 0 Å². The van der Waals surface area contributed by atoms with Crippen molar-refractivity contribution < 1.29 is 17.9 Å². The summed E-state index contributed by atoms with van der Waals surface area (Å²) >= 11 is 1.24. The SMILES string of the molecule is COc1ccc(OCCN2CCC(NS(=O)(=O)c3cccs3)CC2)cc1. The number of hydrogen-bond acceptors (Lipinski definition) is 6. The van der Waals surface area contributed by atoms with Crippen LogP contribution in [-0.4, -0.2) is 52.7 Å². The lowest BCUT2D eigenvalue weighted by Crippen LogP contribution is -2.45. The standard InChI is InChI=1S/C18H24N2O4S2/c1-23-16-4-6-17(7-5-16)24-13-12-20-10-8-15(9-11-20)19-26(21,22)18-3-2-14-25-18/h2-7,14-15,19H,8-13H2,1H3. The molecule has 1 aliphatic heterocycles. The fourth-order valence-corrected chi connectivity index (χ4v) is 5.25. The molecule has 2 aromatic rings. The zero-order valence-electron chi connectivity index (χ0n) is 14.8. The van der Waals surface area contributed by atoms with Gasteiger partial charge >= 0.3 is 0 Å². The Kier molecular flexibility index (Phi) is 6.53. The highest BCUT2D eigenvalue weighted by Gasteiger charge is 2.25. The molecule has 0 unspecified atom stereocenters. The molecule has 26 heavy (non-hydrogen) atoms. The molecule has 0 radical (unpaired) electrons. The number of ether oxygens (including phenoxy) is 2. The van der Waals surface area contributed by atoms with Crippen molar-refractivity contribution in [3.8, 4) is 11.5 Å². The maximum absolute atomic E-state index is 12.3. The van der Waals surface area contributed by atoms with Crippen LogP contribution in [0.2, 0.25) is 0 Å². The van der Waals surface area contributed by atoms with E-state index in [-0.39, 0.29) is 6.04 Å². The number of sulfonamides is 1. The largest absolute Gasteiger partial charge is 0.497 e. The van der Waals surface area contributed by atoms with Crippen LogP contribution in [0, 0.1) is 0 Å². The second kappa shape index (κ2) is 8.85. The molecule has 0 atom stereocenters. The van der Waals surface area contributed by atoms with E-state index in [1.54, 1.807) is 24.6 Å². The van der Waals surface area contributed by atoms with Crippen LogP contribution in [0.3, 0.4) is 0 Å². The van der Waals surface area contributed by atoms with Crippen LogP contribution in [0.1, 0.15) is 12.8 Å². The molecule has 1 saturated heterocycles. The lowest BCUT2D eigenvalue weighted by atomic mass is 10.1. The Balaban J connectivity index is 1.38. The first kappa shape index (κ1) is 19.2. The van der Waals surface area contributed by atoms with Crippen molar-refractivity contribution in [1.29, 1.82) is 0 Å². The van der Waals surface area contributed by atoms with Gasteiger partial charge in [-0.2, -0.15) is 0 Å². The summed E-state index contributed by atoms with van der Waals surface area (Å²) in [5.41, 5.74) is 0. The van der Waals surface area contributed by atoms with Crippen molar-refractivity contribution in [3.63, 3.8) is 0 Å². The Bertz CT molecular complexity index is 768. The van der Waals surface area contributed by atoms with E-state index in [1.165, 1.54) is 11.3 Å². The van der Waals surface area contributed by atoms with Gasteiger partial charge in [0.15, 0.2) is 0 Å². The highest BCUT2D eigenvalue weighted by molar-refractivity contribution is 7.91. The van der Waals surface area contributed by atoms with Crippen LogP contribution in [0.5, 0.6) is 11.5 Å². The molecule has 0 amide bonds. The van der Waals surface area contributed by atoms with Gasteiger partial charge in [0.25, 0.3) is 0 Å². The molecule has 1 aliphatic rings. The van der Waals surface area contributed by atoms with Gasteiger partial charge in [-0.05, 0) is 61.6 Å². The average Bonchev–Trinajstić information content (AvgIpc) is 3.19. The molecular formula is C18H24N2O4S2. The Hall–Kier alpha value is -1.61. The molecule has 1 aromatic heterocycles. The predicted octanol–water partition coefficient (Wildman–Crippen LogP) is 2.58. The molecule has 0 saturated carbocycles. The van der Waals surface area contributed by atoms with Crippen LogP contribution in [0.15, 0.2) is 46.0 Å². The maximum atomic E-state index is 12.3. The first-order valence-corrected chi connectivity index (χ1v) is 11.0. The molecule has 8 heteroatoms. The Morgan fingerprint density at radius 2 is 1.85 bits per heavy atom. The quantitative estimate of drug-likeness (QED) is 0.743. The van der Waals surface area contributed by atoms with Gasteiger partial charge in [-0.1, -0.05) is 6.07 Å². The fraction of sp³-hybridized carbons (Fsp3) is 0.444. The van der Waals surface area contributed by atoms with E-state index in [2.05, 4.69) is 9.62 Å². The number of methoxy groups -OCH3 is 1. The second-order valence-electron chi connectivity index (χ2n) is 6.19. The second-order valence-corrected chi connectivity index (χ2v) is 9.08. The van der Waals surface area contributed by atoms with Crippen molar-refractivity contribution in [2.75, 3.05) is 33.4 Å². The molecule has 0 spiro atoms. The zero-order valence-corrected chi connectivity index (χ0v) is 16.4. The van der Waals surface area contributed by atoms with E-state index in [9.17, 15) is 8.42 Å². The number of nitrogens with one attached hydrogen (secondary N) is 1. The van der Waals surface area contributed by atoms with Crippen LogP contribution in [0.25, 0.3) is 0 Å². The number of rotatable bonds is 8. The summed E-state index contributed by atoms with van der Waals surface area (Å²) in [5, 5.41) is 1.78. The van der Waals surface area contributed by atoms with E-state index in [0.717, 1.165) is 44.0 Å². The van der Waals surface area contributed by atoms with Gasteiger partial charge in [-0.25, -0.2) is 13.1 Å². The summed E-state index contributed by atoms with van der Waals surface area (Å²) < 4.78 is 38.6. The Morgan fingerprint density at radius 1 is 1.15 bits per heavy atom. The molecule has 1 aromatic carbocycles. The van der Waals surface area contributed by atoms with Gasteiger partial charge in [-0.15, -0.1) is 11.3 Å². The van der Waals surface area contributed by atoms with Gasteiger partial charge in [-0.3, -0.25) is 4.90 Å². The molecule has 2 heterocycles. The van der Waals surface area contributed by atoms with Gasteiger partial charge in [0.05, 0.1) is 7.11 Å². The maximum Gasteiger partial charge on any atom is 0.250 e. The lowest BCUT2D eigenvalue weighted by molar-refractivity contribution is 0.170. The summed E-state index contributed by atoms with van der Waals surface area (Å²) in [6, 6.07) is 10.9. The lowest BCUT2D eigenvalue weighted by Gasteiger charge is -2.31. The number of piperidine rings is 1. The van der Waals surface area contributed by atoms with Crippen molar-refractivity contribution in [3.05, 3.63) is 41.8 Å². The molecular weight excluding hydrogens is 372 g/mol. The van der Waals surface area contributed by atoms with Crippen LogP contribution in [0.4, 0.5) is 0 Å². The van der Waals surface area contributed by atoms with Gasteiger partial charge in [0, 0.05) is 12.6 Å². The first-order chi connectivity index (χ1) is 12.6. The summed E-state index contributed by atoms with van der Waals surface area (Å²) in [4.78, 5) is 2.31. The topological polar surface area (TPSA) is 67.9 Å². The third-order valence-electron chi connectivity index (χ3n) is 4.41. The number of hydrogen-bond donors (Lipinski definition) is 1. The number of thiophene rings is 1. The number of benzene rings is 1. The first-order valence-electron chi connectivity index (χ1n) is 8.62. The molecule has 0 aliphatic carbocycles. The van der Waals surface area contributed by atoms with Gasteiger partial charge < -0.3 is 9.47 Å². The van der Waals surface area contributed by atoms with E-state index in [4.69, 9.17) is 9.47 Å². The van der Waals surface area contributed by atoms with E-state index < -0.39 is 10.0 Å². The zero-order chi connectivity index (χ0) is 18.4. The number of likely N-dealkylation sites (tertiary alicyclic amines) is 1. The molecule has 0 bridgehead atoms. The van der Waals surface area contributed by atoms with Crippen LogP contribution < -0.4 is 14.2 Å². The van der Waals surface area contributed by atoms with Crippen LogP contribution in [-0.2, 0) is 10.0 Å². The summed E-state index contributed by atoms with van der Waals surface area (Å²) in [5.74, 6) is 1.63. The highest BCUT2D eigenvalue weighted by atomic mass is 32.2. The van der Waals surface area contributed by atoms with Crippen LogP contribution >= 0.6 is 11.3 Å². The fourth-order valence-electron chi connectivity index (χ4n) is 2.93. The minimum atomic E-state index is -3.38. The smallest absolute Gasteiger partial charge is 0.250 e. The average molecular weight is 397 g/mol. The van der Waals surface area contributed by atoms with Crippen molar-refractivity contribution in [2.45, 2.75) is 23.1 Å². The molecule has 3 rings (SSSR count). The normalized spacial score (nSPS) is 16.5. The summed E-state index contributed by atoms with van der Waals surface area (Å²) in [6.07, 6.45) is 1.63. The van der Waals surface area contributed by atoms with E-state index >= 15 is 0 Å². The van der Waals surface area contributed by atoms with E-state index in [0.29, 0.717) is 10.8 Å². The molecule has 142 valence electrons. The molecule has 1 fully saturated rings. The molecule has 1 N–H and O–H groups in total. The summed E-state index contributed by atoms with van der Waals surface area (Å²) in [7, 11) is -1.74. The predicted molar refractivity (Wildman–Crippen MR) is 103 cm³/mol. The van der Waals surface area contributed by atoms with Gasteiger partial charge in [0.2, 0.25) is 10.0 Å². The van der Waals surface area contributed by atoms with Gasteiger partial charge in [0.1, 0.15) is 22.3 Å². The summed E-state index contributed by atoms with van der Waals surface area (Å²) in [6.45, 7) is 3.17. The third-order valence-corrected chi connectivity index (χ3v) is 7.32. The Morgan fingerprint density at radius 3 is 2.46 bits per heavy atom. The highest BCUT2D eigenvalue weighted by Crippen LogP contribution is 2.19. The van der Waals surface area contributed by atoms with E-state index in [1.807, 2.05) is 24.3 Å². The number of nitrogens with zero attached hydrogens (tertiary/aromatic N) is 1. The molecule has 6 nitrogen and oxygen atoms in total.